The van der Waals surface area contributed by atoms with Crippen molar-refractivity contribution in [1.29, 1.82) is 0 Å². The highest BCUT2D eigenvalue weighted by Gasteiger charge is 2.21. The van der Waals surface area contributed by atoms with Gasteiger partial charge in [-0.05, 0) is 111 Å². The van der Waals surface area contributed by atoms with Gasteiger partial charge in [-0.3, -0.25) is 29.1 Å². The average Bonchev–Trinajstić information content (AvgIpc) is 3.45. The SMILES string of the molecule is Cc1cc(C)cc(Oc2[nH]c(=O)[nH]c(=O)c2C(C)C)c1.Cc1cc(C)cc(Oc2c(C(C)C)c(=O)[nH]c(=O)n2CCC2C=CCC2)c1. The van der Waals surface area contributed by atoms with Crippen LogP contribution in [0, 0.1) is 33.6 Å². The highest BCUT2D eigenvalue weighted by atomic mass is 16.5. The van der Waals surface area contributed by atoms with E-state index in [1.807, 2.05) is 85.7 Å². The Labute approximate surface area is 274 Å². The largest absolute Gasteiger partial charge is 0.440 e. The summed E-state index contributed by atoms with van der Waals surface area (Å²) in [6, 6.07) is 11.6. The lowest BCUT2D eigenvalue weighted by Crippen LogP contribution is -2.34. The Bertz CT molecular complexity index is 1950. The van der Waals surface area contributed by atoms with Gasteiger partial charge in [0.25, 0.3) is 11.1 Å². The molecule has 0 saturated carbocycles. The number of benzene rings is 2. The molecule has 1 aliphatic carbocycles. The summed E-state index contributed by atoms with van der Waals surface area (Å²) in [6.07, 6.45) is 7.46. The normalized spacial score (nSPS) is 14.0. The second kappa shape index (κ2) is 15.2. The number of aromatic amines is 3. The third kappa shape index (κ3) is 9.12. The van der Waals surface area contributed by atoms with Gasteiger partial charge in [0.05, 0.1) is 11.1 Å². The maximum Gasteiger partial charge on any atom is 0.331 e. The molecule has 2 aromatic heterocycles. The second-order valence-electron chi connectivity index (χ2n) is 13.0. The zero-order chi connectivity index (χ0) is 34.4. The van der Waals surface area contributed by atoms with E-state index in [1.54, 1.807) is 4.57 Å². The summed E-state index contributed by atoms with van der Waals surface area (Å²) in [7, 11) is 0. The number of nitrogens with one attached hydrogen (secondary N) is 3. The Hall–Kier alpha value is -4.86. The number of ether oxygens (including phenoxy) is 2. The van der Waals surface area contributed by atoms with E-state index in [0.717, 1.165) is 41.5 Å². The highest BCUT2D eigenvalue weighted by molar-refractivity contribution is 5.39. The van der Waals surface area contributed by atoms with E-state index in [9.17, 15) is 19.2 Å². The Morgan fingerprint density at radius 3 is 1.77 bits per heavy atom. The fraction of sp³-hybridized carbons (Fsp3) is 0.405. The first-order valence-corrected chi connectivity index (χ1v) is 16.1. The number of aryl methyl sites for hydroxylation is 4. The van der Waals surface area contributed by atoms with E-state index in [-0.39, 0.29) is 23.3 Å². The van der Waals surface area contributed by atoms with Crippen molar-refractivity contribution >= 4 is 0 Å². The van der Waals surface area contributed by atoms with E-state index in [1.165, 1.54) is 0 Å². The summed E-state index contributed by atoms with van der Waals surface area (Å²) in [5.74, 6) is 2.17. The van der Waals surface area contributed by atoms with Crippen LogP contribution in [0.15, 0.2) is 67.7 Å². The Morgan fingerprint density at radius 2 is 1.26 bits per heavy atom. The van der Waals surface area contributed by atoms with Gasteiger partial charge in [-0.15, -0.1) is 0 Å². The van der Waals surface area contributed by atoms with Crippen molar-refractivity contribution in [3.8, 4) is 23.3 Å². The van der Waals surface area contributed by atoms with E-state index in [0.29, 0.717) is 41.0 Å². The average molecular weight is 643 g/mol. The number of nitrogens with zero attached hydrogens (tertiary/aromatic N) is 1. The molecule has 3 N–H and O–H groups in total. The van der Waals surface area contributed by atoms with E-state index < -0.39 is 16.9 Å². The molecular formula is C37H46N4O6. The van der Waals surface area contributed by atoms with Crippen molar-refractivity contribution in [2.24, 2.45) is 5.92 Å². The van der Waals surface area contributed by atoms with E-state index >= 15 is 0 Å². The van der Waals surface area contributed by atoms with Gasteiger partial charge in [0, 0.05) is 6.54 Å². The number of H-pyrrole nitrogens is 3. The molecule has 2 aromatic carbocycles. The molecule has 1 unspecified atom stereocenters. The van der Waals surface area contributed by atoms with Gasteiger partial charge < -0.3 is 9.47 Å². The first kappa shape index (κ1) is 35.0. The van der Waals surface area contributed by atoms with Crippen molar-refractivity contribution in [2.75, 3.05) is 0 Å². The van der Waals surface area contributed by atoms with Crippen LogP contribution in [0.4, 0.5) is 0 Å². The number of hydrogen-bond acceptors (Lipinski definition) is 6. The van der Waals surface area contributed by atoms with Crippen LogP contribution in [-0.4, -0.2) is 19.5 Å². The fourth-order valence-corrected chi connectivity index (χ4v) is 5.91. The van der Waals surface area contributed by atoms with Crippen LogP contribution in [-0.2, 0) is 6.54 Å². The minimum atomic E-state index is -0.571. The smallest absolute Gasteiger partial charge is 0.331 e. The van der Waals surface area contributed by atoms with Gasteiger partial charge in [-0.1, -0.05) is 52.0 Å². The molecule has 0 bridgehead atoms. The molecule has 1 aliphatic rings. The maximum atomic E-state index is 12.6. The topological polar surface area (TPSA) is 139 Å². The molecule has 1 atom stereocenters. The lowest BCUT2D eigenvalue weighted by Gasteiger charge is -2.19. The van der Waals surface area contributed by atoms with E-state index in [4.69, 9.17) is 9.47 Å². The quantitative estimate of drug-likeness (QED) is 0.168. The van der Waals surface area contributed by atoms with E-state index in [2.05, 4.69) is 33.2 Å². The first-order valence-electron chi connectivity index (χ1n) is 16.1. The molecule has 250 valence electrons. The monoisotopic (exact) mass is 642 g/mol. The number of rotatable bonds is 9. The first-order chi connectivity index (χ1) is 22.2. The molecular weight excluding hydrogens is 596 g/mol. The molecule has 0 aliphatic heterocycles. The van der Waals surface area contributed by atoms with Gasteiger partial charge in [-0.25, -0.2) is 9.59 Å². The molecule has 4 aromatic rings. The van der Waals surface area contributed by atoms with Crippen LogP contribution in [0.2, 0.25) is 0 Å². The molecule has 47 heavy (non-hydrogen) atoms. The number of allylic oxidation sites excluding steroid dienone is 2. The minimum Gasteiger partial charge on any atom is -0.440 e. The maximum absolute atomic E-state index is 12.6. The van der Waals surface area contributed by atoms with Crippen LogP contribution < -0.4 is 32.0 Å². The van der Waals surface area contributed by atoms with Crippen LogP contribution in [0.3, 0.4) is 0 Å². The van der Waals surface area contributed by atoms with Gasteiger partial charge in [0.1, 0.15) is 11.5 Å². The Balaban J connectivity index is 0.000000223. The molecule has 0 radical (unpaired) electrons. The van der Waals surface area contributed by atoms with Crippen molar-refractivity contribution in [2.45, 2.75) is 93.0 Å². The van der Waals surface area contributed by atoms with Gasteiger partial charge in [-0.2, -0.15) is 0 Å². The molecule has 0 fully saturated rings. The lowest BCUT2D eigenvalue weighted by molar-refractivity contribution is 0.386. The van der Waals surface area contributed by atoms with Crippen LogP contribution in [0.25, 0.3) is 0 Å². The molecule has 10 heteroatoms. The van der Waals surface area contributed by atoms with Crippen molar-refractivity contribution in [3.63, 3.8) is 0 Å². The Kier molecular flexibility index (Phi) is 11.3. The Morgan fingerprint density at radius 1 is 0.723 bits per heavy atom. The second-order valence-corrected chi connectivity index (χ2v) is 13.0. The summed E-state index contributed by atoms with van der Waals surface area (Å²) in [5, 5.41) is 0. The van der Waals surface area contributed by atoms with Gasteiger partial charge in [0.2, 0.25) is 11.8 Å². The molecule has 10 nitrogen and oxygen atoms in total. The molecule has 2 heterocycles. The molecule has 0 amide bonds. The number of aromatic nitrogens is 4. The summed E-state index contributed by atoms with van der Waals surface area (Å²) >= 11 is 0. The predicted molar refractivity (Wildman–Crippen MR) is 186 cm³/mol. The predicted octanol–water partition coefficient (Wildman–Crippen LogP) is 7.02. The van der Waals surface area contributed by atoms with Gasteiger partial charge in [0.15, 0.2) is 0 Å². The zero-order valence-corrected chi connectivity index (χ0v) is 28.6. The minimum absolute atomic E-state index is 0.0588. The van der Waals surface area contributed by atoms with Crippen molar-refractivity contribution in [1.82, 2.24) is 19.5 Å². The number of hydrogen-bond donors (Lipinski definition) is 3. The summed E-state index contributed by atoms with van der Waals surface area (Å²) in [4.78, 5) is 55.6. The van der Waals surface area contributed by atoms with Crippen molar-refractivity contribution in [3.05, 3.63) is 124 Å². The third-order valence-corrected chi connectivity index (χ3v) is 7.94. The summed E-state index contributed by atoms with van der Waals surface area (Å²) < 4.78 is 13.5. The lowest BCUT2D eigenvalue weighted by atomic mass is 10.0. The highest BCUT2D eigenvalue weighted by Crippen LogP contribution is 2.30. The molecule has 0 spiro atoms. The van der Waals surface area contributed by atoms with Crippen LogP contribution in [0.1, 0.15) is 92.2 Å². The van der Waals surface area contributed by atoms with Crippen LogP contribution in [0.5, 0.6) is 23.3 Å². The summed E-state index contributed by atoms with van der Waals surface area (Å²) in [6.45, 7) is 16.1. The van der Waals surface area contributed by atoms with Gasteiger partial charge >= 0.3 is 11.4 Å². The molecule has 0 saturated heterocycles. The van der Waals surface area contributed by atoms with Crippen LogP contribution >= 0.6 is 0 Å². The summed E-state index contributed by atoms with van der Waals surface area (Å²) in [5.41, 5.74) is 3.44. The molecule has 5 rings (SSSR count). The van der Waals surface area contributed by atoms with Crippen molar-refractivity contribution < 1.29 is 9.47 Å². The fourth-order valence-electron chi connectivity index (χ4n) is 5.91. The standard InChI is InChI=1S/C22H28N2O3.C15H18N2O3/c1-14(2)19-20(25)23-22(26)24(10-9-17-7-5-6-8-17)21(19)27-18-12-15(3)11-16(4)13-18;1-8(2)12-13(18)16-15(19)17-14(12)20-11-6-9(3)5-10(4)7-11/h5,7,11-14,17H,6,8-10H2,1-4H3,(H,23,25,26);5-8H,1-4H3,(H2,16,17,18,19). The third-order valence-electron chi connectivity index (χ3n) is 7.94. The zero-order valence-electron chi connectivity index (χ0n) is 28.6.